The predicted octanol–water partition coefficient (Wildman–Crippen LogP) is 13.3. The Balaban J connectivity index is 1.18. The molecule has 3 heteroatoms. The third-order valence-corrected chi connectivity index (χ3v) is 10.5. The Hall–Kier alpha value is -3.07. The molecule has 0 amide bonds. The molecule has 45 heavy (non-hydrogen) atoms. The Morgan fingerprint density at radius 3 is 2.00 bits per heavy atom. The summed E-state index contributed by atoms with van der Waals surface area (Å²) < 4.78 is 45.4. The fraction of sp³-hybridized carbons (Fsp3) is 0.476. The third-order valence-electron chi connectivity index (χ3n) is 10.5. The SMILES string of the molecule is C/C=C/C1CCC(C2CC=C(c3ccc(-c4ccc(-c5ccc(CCCCCCCCC)c(F)c5F)cc4)cc3F)CC2)CC1. The van der Waals surface area contributed by atoms with Crippen LogP contribution in [0.25, 0.3) is 27.8 Å². The van der Waals surface area contributed by atoms with Crippen molar-refractivity contribution in [3.05, 3.63) is 101 Å². The van der Waals surface area contributed by atoms with E-state index in [9.17, 15) is 4.39 Å². The highest BCUT2D eigenvalue weighted by atomic mass is 19.2. The summed E-state index contributed by atoms with van der Waals surface area (Å²) in [7, 11) is 0. The monoisotopic (exact) mass is 612 g/mol. The average Bonchev–Trinajstić information content (AvgIpc) is 3.07. The number of hydrogen-bond acceptors (Lipinski definition) is 0. The topological polar surface area (TPSA) is 0 Å². The minimum absolute atomic E-state index is 0.196. The van der Waals surface area contributed by atoms with Gasteiger partial charge in [-0.15, -0.1) is 0 Å². The number of halogens is 3. The molecule has 3 aromatic rings. The lowest BCUT2D eigenvalue weighted by Crippen LogP contribution is -2.22. The van der Waals surface area contributed by atoms with E-state index >= 15 is 8.78 Å². The lowest BCUT2D eigenvalue weighted by atomic mass is 9.71. The zero-order valence-electron chi connectivity index (χ0n) is 27.4. The van der Waals surface area contributed by atoms with Crippen LogP contribution in [0.4, 0.5) is 13.2 Å². The van der Waals surface area contributed by atoms with Gasteiger partial charge in [-0.3, -0.25) is 0 Å². The van der Waals surface area contributed by atoms with Gasteiger partial charge in [0.25, 0.3) is 0 Å². The van der Waals surface area contributed by atoms with Gasteiger partial charge in [0.1, 0.15) is 5.82 Å². The second-order valence-corrected chi connectivity index (χ2v) is 13.5. The van der Waals surface area contributed by atoms with Crippen LogP contribution >= 0.6 is 0 Å². The van der Waals surface area contributed by atoms with Crippen molar-refractivity contribution in [3.63, 3.8) is 0 Å². The predicted molar refractivity (Wildman–Crippen MR) is 184 cm³/mol. The highest BCUT2D eigenvalue weighted by Crippen LogP contribution is 2.42. The molecule has 1 saturated carbocycles. The first-order valence-corrected chi connectivity index (χ1v) is 17.7. The summed E-state index contributed by atoms with van der Waals surface area (Å²) in [6.45, 7) is 4.32. The normalized spacial score (nSPS) is 20.5. The van der Waals surface area contributed by atoms with Gasteiger partial charge in [-0.05, 0) is 116 Å². The molecule has 0 heterocycles. The van der Waals surface area contributed by atoms with E-state index in [0.717, 1.165) is 73.0 Å². The van der Waals surface area contributed by atoms with Crippen molar-refractivity contribution in [2.24, 2.45) is 17.8 Å². The molecule has 0 aromatic heterocycles. The van der Waals surface area contributed by atoms with Crippen molar-refractivity contribution in [3.8, 4) is 22.3 Å². The van der Waals surface area contributed by atoms with Crippen LogP contribution in [0.15, 0.2) is 72.8 Å². The number of aryl methyl sites for hydroxylation is 1. The number of rotatable bonds is 13. The van der Waals surface area contributed by atoms with E-state index in [1.54, 1.807) is 30.3 Å². The van der Waals surface area contributed by atoms with Gasteiger partial charge < -0.3 is 0 Å². The van der Waals surface area contributed by atoms with Crippen molar-refractivity contribution < 1.29 is 13.2 Å². The third kappa shape index (κ3) is 8.60. The summed E-state index contributed by atoms with van der Waals surface area (Å²) in [5.74, 6) is 0.559. The molecule has 0 N–H and O–H groups in total. The second kappa shape index (κ2) is 16.5. The summed E-state index contributed by atoms with van der Waals surface area (Å²) >= 11 is 0. The van der Waals surface area contributed by atoms with Crippen molar-refractivity contribution in [1.29, 1.82) is 0 Å². The van der Waals surface area contributed by atoms with Crippen LogP contribution in [0, 0.1) is 35.2 Å². The van der Waals surface area contributed by atoms with Gasteiger partial charge in [-0.2, -0.15) is 0 Å². The first-order valence-electron chi connectivity index (χ1n) is 17.7. The maximum atomic E-state index is 15.4. The number of unbranched alkanes of at least 4 members (excludes halogenated alkanes) is 6. The van der Waals surface area contributed by atoms with Gasteiger partial charge >= 0.3 is 0 Å². The Kier molecular flexibility index (Phi) is 12.2. The Labute approximate surface area is 269 Å². The Morgan fingerprint density at radius 1 is 0.667 bits per heavy atom. The molecule has 0 saturated heterocycles. The molecule has 1 fully saturated rings. The van der Waals surface area contributed by atoms with Crippen LogP contribution in [0.2, 0.25) is 0 Å². The van der Waals surface area contributed by atoms with Crippen molar-refractivity contribution in [2.75, 3.05) is 0 Å². The highest BCUT2D eigenvalue weighted by molar-refractivity contribution is 5.74. The number of allylic oxidation sites excluding steroid dienone is 4. The maximum absolute atomic E-state index is 15.4. The van der Waals surface area contributed by atoms with E-state index in [1.165, 1.54) is 51.4 Å². The summed E-state index contributed by atoms with van der Waals surface area (Å²) in [6.07, 6.45) is 23.8. The molecule has 3 aromatic carbocycles. The molecule has 0 radical (unpaired) electrons. The molecule has 5 rings (SSSR count). The first kappa shape index (κ1) is 33.3. The lowest BCUT2D eigenvalue weighted by Gasteiger charge is -2.35. The zero-order valence-corrected chi connectivity index (χ0v) is 27.4. The highest BCUT2D eigenvalue weighted by Gasteiger charge is 2.28. The number of hydrogen-bond donors (Lipinski definition) is 0. The van der Waals surface area contributed by atoms with E-state index in [2.05, 4.69) is 32.1 Å². The number of benzene rings is 3. The van der Waals surface area contributed by atoms with Crippen LogP contribution in [0.5, 0.6) is 0 Å². The van der Waals surface area contributed by atoms with E-state index < -0.39 is 11.6 Å². The molecule has 0 bridgehead atoms. The van der Waals surface area contributed by atoms with Crippen LogP contribution < -0.4 is 0 Å². The molecular weight excluding hydrogens is 561 g/mol. The summed E-state index contributed by atoms with van der Waals surface area (Å²) in [4.78, 5) is 0. The van der Waals surface area contributed by atoms with Gasteiger partial charge in [0.15, 0.2) is 11.6 Å². The summed E-state index contributed by atoms with van der Waals surface area (Å²) in [6, 6.07) is 16.2. The fourth-order valence-electron chi connectivity index (χ4n) is 7.68. The maximum Gasteiger partial charge on any atom is 0.166 e. The Morgan fingerprint density at radius 2 is 1.33 bits per heavy atom. The molecule has 0 aliphatic heterocycles. The lowest BCUT2D eigenvalue weighted by molar-refractivity contribution is 0.212. The quantitative estimate of drug-likeness (QED) is 0.133. The molecule has 240 valence electrons. The molecule has 1 unspecified atom stereocenters. The van der Waals surface area contributed by atoms with E-state index in [4.69, 9.17) is 0 Å². The zero-order chi connectivity index (χ0) is 31.6. The summed E-state index contributed by atoms with van der Waals surface area (Å²) in [5, 5.41) is 0. The Bertz CT molecular complexity index is 1440. The van der Waals surface area contributed by atoms with E-state index in [1.807, 2.05) is 24.3 Å². The van der Waals surface area contributed by atoms with Crippen LogP contribution in [0.1, 0.15) is 115 Å². The van der Waals surface area contributed by atoms with Crippen LogP contribution in [-0.2, 0) is 6.42 Å². The van der Waals surface area contributed by atoms with Gasteiger partial charge in [0.05, 0.1) is 0 Å². The van der Waals surface area contributed by atoms with Crippen molar-refractivity contribution in [2.45, 2.75) is 110 Å². The second-order valence-electron chi connectivity index (χ2n) is 13.5. The van der Waals surface area contributed by atoms with Crippen molar-refractivity contribution >= 4 is 5.57 Å². The molecule has 2 aliphatic rings. The van der Waals surface area contributed by atoms with Gasteiger partial charge in [-0.1, -0.05) is 112 Å². The standard InChI is InChI=1S/C42H51F3/c1-3-5-6-7-8-9-10-12-36-25-28-39(42(45)41(36)44)35-23-19-33(20-24-35)37-26-27-38(40(43)29-37)34-21-17-32(18-22-34)31-15-13-30(11-4-2)14-16-31/h4,11,19-21,23-32H,3,5-10,12-18,22H2,1-2H3/b11-4+. The van der Waals surface area contributed by atoms with Gasteiger partial charge in [0.2, 0.25) is 0 Å². The van der Waals surface area contributed by atoms with Gasteiger partial charge in [0, 0.05) is 11.1 Å². The van der Waals surface area contributed by atoms with Crippen LogP contribution in [-0.4, -0.2) is 0 Å². The van der Waals surface area contributed by atoms with Crippen LogP contribution in [0.3, 0.4) is 0 Å². The largest absolute Gasteiger partial charge is 0.206 e. The summed E-state index contributed by atoms with van der Waals surface area (Å²) in [5.41, 5.74) is 4.80. The molecule has 0 nitrogen and oxygen atoms in total. The molecular formula is C42H51F3. The molecule has 0 spiro atoms. The van der Waals surface area contributed by atoms with Gasteiger partial charge in [-0.25, -0.2) is 13.2 Å². The average molecular weight is 613 g/mol. The van der Waals surface area contributed by atoms with E-state index in [0.29, 0.717) is 23.1 Å². The molecule has 2 aliphatic carbocycles. The molecule has 1 atom stereocenters. The first-order chi connectivity index (χ1) is 22.0. The minimum atomic E-state index is -0.789. The fourth-order valence-corrected chi connectivity index (χ4v) is 7.68. The minimum Gasteiger partial charge on any atom is -0.206 e. The van der Waals surface area contributed by atoms with E-state index in [-0.39, 0.29) is 11.4 Å². The smallest absolute Gasteiger partial charge is 0.166 e. The van der Waals surface area contributed by atoms with Crippen molar-refractivity contribution in [1.82, 2.24) is 0 Å².